The van der Waals surface area contributed by atoms with Gasteiger partial charge in [-0.25, -0.2) is 0 Å². The van der Waals surface area contributed by atoms with E-state index in [2.05, 4.69) is 5.32 Å². The molecule has 0 fully saturated rings. The van der Waals surface area contributed by atoms with E-state index >= 15 is 0 Å². The van der Waals surface area contributed by atoms with Crippen LogP contribution in [0.15, 0.2) is 59.3 Å². The number of dihydropyridines is 1. The third kappa shape index (κ3) is 3.69. The highest BCUT2D eigenvalue weighted by atomic mass is 35.5. The number of nitrogens with one attached hydrogen (secondary N) is 1. The van der Waals surface area contributed by atoms with Gasteiger partial charge in [-0.2, -0.15) is 0 Å². The van der Waals surface area contributed by atoms with E-state index in [0.717, 1.165) is 11.1 Å². The van der Waals surface area contributed by atoms with Gasteiger partial charge in [0.2, 0.25) is 0 Å². The average Bonchev–Trinajstić information content (AvgIpc) is 3.00. The second-order valence-electron chi connectivity index (χ2n) is 5.67. The lowest BCUT2D eigenvalue weighted by atomic mass is 9.95. The maximum absolute atomic E-state index is 11.9. The Bertz CT molecular complexity index is 807. The van der Waals surface area contributed by atoms with Crippen LogP contribution >= 0.6 is 11.6 Å². The number of carboxylic acids is 1. The van der Waals surface area contributed by atoms with Crippen molar-refractivity contribution in [2.24, 2.45) is 0 Å². The molecule has 0 spiro atoms. The highest BCUT2D eigenvalue weighted by molar-refractivity contribution is 6.30. The Morgan fingerprint density at radius 2 is 2.00 bits per heavy atom. The van der Waals surface area contributed by atoms with Crippen molar-refractivity contribution in [2.45, 2.75) is 25.9 Å². The van der Waals surface area contributed by atoms with Crippen LogP contribution in [0.4, 0.5) is 0 Å². The molecule has 1 aromatic carbocycles. The van der Waals surface area contributed by atoms with E-state index in [9.17, 15) is 9.59 Å². The number of hydrogen-bond acceptors (Lipinski definition) is 5. The summed E-state index contributed by atoms with van der Waals surface area (Å²) in [5, 5.41) is 12.4. The predicted octanol–water partition coefficient (Wildman–Crippen LogP) is 3.42. The molecule has 1 atom stereocenters. The van der Waals surface area contributed by atoms with E-state index in [1.54, 1.807) is 25.3 Å². The lowest BCUT2D eigenvalue weighted by Crippen LogP contribution is -2.19. The quantitative estimate of drug-likeness (QED) is 0.782. The van der Waals surface area contributed by atoms with Crippen LogP contribution in [-0.4, -0.2) is 17.0 Å². The third-order valence-corrected chi connectivity index (χ3v) is 4.13. The zero-order chi connectivity index (χ0) is 18.0. The Hall–Kier alpha value is -2.73. The van der Waals surface area contributed by atoms with E-state index in [-0.39, 0.29) is 18.9 Å². The molecule has 6 nitrogen and oxygen atoms in total. The van der Waals surface area contributed by atoms with Gasteiger partial charge in [-0.1, -0.05) is 23.7 Å². The minimum absolute atomic E-state index is 0.195. The number of benzene rings is 1. The Morgan fingerprint density at radius 1 is 1.28 bits per heavy atom. The molecule has 1 aromatic rings. The molecule has 2 N–H and O–H groups in total. The summed E-state index contributed by atoms with van der Waals surface area (Å²) in [6.07, 6.45) is 2.56. The normalized spacial score (nSPS) is 18.6. The standard InChI is InChI=1S/C18H16ClNO5/c1-10-17(25-16(23)7-6-15(21)22)14-9-24-18(13(14)8-20-10)11-2-4-12(19)5-3-11/h2-5,8-9,18,20H,6-7H2,1H3,(H,21,22). The Kier molecular flexibility index (Phi) is 4.81. The van der Waals surface area contributed by atoms with E-state index in [1.165, 1.54) is 0 Å². The third-order valence-electron chi connectivity index (χ3n) is 3.88. The Balaban J connectivity index is 1.76. The number of carbonyl (C=O) groups excluding carboxylic acids is 1. The number of halogens is 1. The monoisotopic (exact) mass is 361 g/mol. The van der Waals surface area contributed by atoms with Gasteiger partial charge in [0.15, 0.2) is 11.9 Å². The molecule has 25 heavy (non-hydrogen) atoms. The molecule has 3 rings (SSSR count). The number of carbonyl (C=O) groups is 2. The number of hydrogen-bond donors (Lipinski definition) is 2. The van der Waals surface area contributed by atoms with Crippen molar-refractivity contribution in [3.8, 4) is 0 Å². The van der Waals surface area contributed by atoms with Gasteiger partial charge in [-0.05, 0) is 24.6 Å². The zero-order valence-corrected chi connectivity index (χ0v) is 14.2. The Morgan fingerprint density at radius 3 is 2.68 bits per heavy atom. The van der Waals surface area contributed by atoms with Crippen LogP contribution in [0, 0.1) is 0 Å². The SMILES string of the molecule is CC1=C(OC(=O)CCC(=O)O)C2=COC(c3ccc(Cl)cc3)C2=CN1. The van der Waals surface area contributed by atoms with Gasteiger partial charge >= 0.3 is 11.9 Å². The summed E-state index contributed by atoms with van der Waals surface area (Å²) in [5.41, 5.74) is 3.06. The smallest absolute Gasteiger partial charge is 0.311 e. The largest absolute Gasteiger partial charge is 0.488 e. The first-order valence-electron chi connectivity index (χ1n) is 7.67. The van der Waals surface area contributed by atoms with Crippen LogP contribution in [-0.2, 0) is 19.1 Å². The van der Waals surface area contributed by atoms with Gasteiger partial charge in [0.25, 0.3) is 0 Å². The van der Waals surface area contributed by atoms with E-state index in [1.807, 2.05) is 18.3 Å². The van der Waals surface area contributed by atoms with Crippen molar-refractivity contribution >= 4 is 23.5 Å². The number of fused-ring (bicyclic) bond motifs is 1. The molecular formula is C18H16ClNO5. The summed E-state index contributed by atoms with van der Waals surface area (Å²) in [6, 6.07) is 7.30. The van der Waals surface area contributed by atoms with Crippen molar-refractivity contribution in [1.29, 1.82) is 0 Å². The second-order valence-corrected chi connectivity index (χ2v) is 6.10. The van der Waals surface area contributed by atoms with Gasteiger partial charge in [0.1, 0.15) is 0 Å². The van der Waals surface area contributed by atoms with Crippen molar-refractivity contribution in [2.75, 3.05) is 0 Å². The molecule has 2 aliphatic rings. The summed E-state index contributed by atoms with van der Waals surface area (Å²) >= 11 is 5.92. The molecular weight excluding hydrogens is 346 g/mol. The molecule has 0 aliphatic carbocycles. The summed E-state index contributed by atoms with van der Waals surface area (Å²) in [4.78, 5) is 22.5. The van der Waals surface area contributed by atoms with Crippen molar-refractivity contribution in [3.63, 3.8) is 0 Å². The summed E-state index contributed by atoms with van der Waals surface area (Å²) < 4.78 is 11.1. The van der Waals surface area contributed by atoms with Gasteiger partial charge in [-0.3, -0.25) is 9.59 Å². The number of carboxylic acid groups (broad SMARTS) is 1. The van der Waals surface area contributed by atoms with Crippen LogP contribution in [0.3, 0.4) is 0 Å². The molecule has 130 valence electrons. The van der Waals surface area contributed by atoms with E-state index in [0.29, 0.717) is 22.1 Å². The van der Waals surface area contributed by atoms with E-state index < -0.39 is 11.9 Å². The molecule has 2 heterocycles. The fourth-order valence-corrected chi connectivity index (χ4v) is 2.74. The van der Waals surface area contributed by atoms with Crippen LogP contribution in [0.2, 0.25) is 5.02 Å². The number of allylic oxidation sites excluding steroid dienone is 2. The van der Waals surface area contributed by atoms with Gasteiger partial charge in [-0.15, -0.1) is 0 Å². The van der Waals surface area contributed by atoms with Crippen molar-refractivity contribution in [3.05, 3.63) is 69.9 Å². The first-order chi connectivity index (χ1) is 12.0. The molecule has 1 unspecified atom stereocenters. The van der Waals surface area contributed by atoms with Crippen molar-refractivity contribution < 1.29 is 24.2 Å². The number of rotatable bonds is 5. The van der Waals surface area contributed by atoms with E-state index in [4.69, 9.17) is 26.2 Å². The van der Waals surface area contributed by atoms with Crippen LogP contribution < -0.4 is 5.32 Å². The molecule has 0 amide bonds. The molecule has 0 bridgehead atoms. The molecule has 0 saturated carbocycles. The summed E-state index contributed by atoms with van der Waals surface area (Å²) in [7, 11) is 0. The predicted molar refractivity (Wildman–Crippen MR) is 90.2 cm³/mol. The average molecular weight is 362 g/mol. The minimum Gasteiger partial charge on any atom is -0.488 e. The first kappa shape index (κ1) is 17.1. The number of aliphatic carboxylic acids is 1. The van der Waals surface area contributed by atoms with Gasteiger partial charge < -0.3 is 19.9 Å². The van der Waals surface area contributed by atoms with Gasteiger partial charge in [0, 0.05) is 16.8 Å². The number of ether oxygens (including phenoxy) is 2. The van der Waals surface area contributed by atoms with Crippen LogP contribution in [0.25, 0.3) is 0 Å². The highest BCUT2D eigenvalue weighted by Gasteiger charge is 2.33. The van der Waals surface area contributed by atoms with Gasteiger partial charge in [0.05, 0.1) is 30.4 Å². The maximum Gasteiger partial charge on any atom is 0.311 e. The topological polar surface area (TPSA) is 84.9 Å². The molecule has 0 saturated heterocycles. The summed E-state index contributed by atoms with van der Waals surface area (Å²) in [6.45, 7) is 1.77. The molecule has 2 aliphatic heterocycles. The maximum atomic E-state index is 11.9. The van der Waals surface area contributed by atoms with Crippen molar-refractivity contribution in [1.82, 2.24) is 5.32 Å². The minimum atomic E-state index is -1.05. The Labute approximate surface area is 149 Å². The van der Waals surface area contributed by atoms with Crippen LogP contribution in [0.5, 0.6) is 0 Å². The lowest BCUT2D eigenvalue weighted by Gasteiger charge is -2.21. The molecule has 0 aromatic heterocycles. The summed E-state index contributed by atoms with van der Waals surface area (Å²) in [5.74, 6) is -1.30. The zero-order valence-electron chi connectivity index (χ0n) is 13.4. The molecule has 7 heteroatoms. The molecule has 0 radical (unpaired) electrons. The first-order valence-corrected chi connectivity index (χ1v) is 8.05. The number of esters is 1. The highest BCUT2D eigenvalue weighted by Crippen LogP contribution is 2.42. The second kappa shape index (κ2) is 7.03. The van der Waals surface area contributed by atoms with Crippen LogP contribution in [0.1, 0.15) is 31.4 Å². The fourth-order valence-electron chi connectivity index (χ4n) is 2.61. The lowest BCUT2D eigenvalue weighted by molar-refractivity contribution is -0.144. The fraction of sp³-hybridized carbons (Fsp3) is 0.222.